The predicted molar refractivity (Wildman–Crippen MR) is 62.8 cm³/mol. The average molecular weight is 201 g/mol. The summed E-state index contributed by atoms with van der Waals surface area (Å²) in [7, 11) is 0. The molecule has 0 aliphatic heterocycles. The van der Waals surface area contributed by atoms with E-state index in [-0.39, 0.29) is 6.04 Å². The Morgan fingerprint density at radius 3 is 3.00 bits per heavy atom. The summed E-state index contributed by atoms with van der Waals surface area (Å²) in [5, 5.41) is 0. The molecule has 2 aliphatic rings. The van der Waals surface area contributed by atoms with Gasteiger partial charge < -0.3 is 5.73 Å². The fourth-order valence-electron chi connectivity index (χ4n) is 3.48. The monoisotopic (exact) mass is 201 g/mol. The van der Waals surface area contributed by atoms with Crippen molar-refractivity contribution in [2.24, 2.45) is 11.7 Å². The van der Waals surface area contributed by atoms with E-state index < -0.39 is 0 Å². The second kappa shape index (κ2) is 3.34. The molecule has 2 N–H and O–H groups in total. The van der Waals surface area contributed by atoms with Crippen LogP contribution in [0.5, 0.6) is 0 Å². The number of benzene rings is 1. The van der Waals surface area contributed by atoms with Gasteiger partial charge in [0.25, 0.3) is 0 Å². The summed E-state index contributed by atoms with van der Waals surface area (Å²) in [6.45, 7) is 2.32. The Morgan fingerprint density at radius 2 is 2.13 bits per heavy atom. The first-order valence-electron chi connectivity index (χ1n) is 6.16. The second-order valence-electron chi connectivity index (χ2n) is 5.16. The van der Waals surface area contributed by atoms with E-state index in [9.17, 15) is 0 Å². The van der Waals surface area contributed by atoms with Gasteiger partial charge in [-0.2, -0.15) is 0 Å². The lowest BCUT2D eigenvalue weighted by Crippen LogP contribution is -2.16. The highest BCUT2D eigenvalue weighted by atomic mass is 14.7. The molecule has 0 fully saturated rings. The molecule has 0 saturated heterocycles. The molecule has 1 aromatic rings. The van der Waals surface area contributed by atoms with Gasteiger partial charge in [-0.1, -0.05) is 31.5 Å². The molecule has 3 atom stereocenters. The Bertz CT molecular complexity index is 383. The van der Waals surface area contributed by atoms with Crippen LogP contribution in [0.4, 0.5) is 0 Å². The highest BCUT2D eigenvalue weighted by Gasteiger charge is 2.37. The van der Waals surface area contributed by atoms with E-state index in [1.807, 2.05) is 0 Å². The van der Waals surface area contributed by atoms with E-state index in [4.69, 9.17) is 5.73 Å². The summed E-state index contributed by atoms with van der Waals surface area (Å²) < 4.78 is 0. The molecule has 0 radical (unpaired) electrons. The zero-order chi connectivity index (χ0) is 10.4. The predicted octanol–water partition coefficient (Wildman–Crippen LogP) is 3.15. The summed E-state index contributed by atoms with van der Waals surface area (Å²) in [6.07, 6.45) is 5.34. The minimum Gasteiger partial charge on any atom is -0.324 e. The van der Waals surface area contributed by atoms with Crippen LogP contribution in [0, 0.1) is 5.92 Å². The molecule has 1 nitrogen and oxygen atoms in total. The number of nitrogens with two attached hydrogens (primary N) is 1. The van der Waals surface area contributed by atoms with E-state index in [0.29, 0.717) is 5.92 Å². The third-order valence-electron chi connectivity index (χ3n) is 4.37. The number of aryl methyl sites for hydroxylation is 1. The lowest BCUT2D eigenvalue weighted by atomic mass is 9.88. The third kappa shape index (κ3) is 1.26. The molecule has 0 spiro atoms. The van der Waals surface area contributed by atoms with Crippen LogP contribution < -0.4 is 5.73 Å². The van der Waals surface area contributed by atoms with Crippen molar-refractivity contribution in [2.45, 2.75) is 44.6 Å². The quantitative estimate of drug-likeness (QED) is 0.685. The molecule has 3 unspecified atom stereocenters. The van der Waals surface area contributed by atoms with Gasteiger partial charge in [-0.3, -0.25) is 0 Å². The maximum absolute atomic E-state index is 6.30. The van der Waals surface area contributed by atoms with Crippen LogP contribution in [0.2, 0.25) is 0 Å². The van der Waals surface area contributed by atoms with Gasteiger partial charge in [-0.05, 0) is 47.8 Å². The van der Waals surface area contributed by atoms with Crippen molar-refractivity contribution in [2.75, 3.05) is 0 Å². The molecule has 0 aromatic heterocycles. The van der Waals surface area contributed by atoms with Crippen LogP contribution in [0.25, 0.3) is 0 Å². The van der Waals surface area contributed by atoms with Crippen LogP contribution in [-0.2, 0) is 6.42 Å². The van der Waals surface area contributed by atoms with Crippen LogP contribution in [-0.4, -0.2) is 0 Å². The first kappa shape index (κ1) is 9.41. The fourth-order valence-corrected chi connectivity index (χ4v) is 3.48. The van der Waals surface area contributed by atoms with Gasteiger partial charge in [0, 0.05) is 6.04 Å². The van der Waals surface area contributed by atoms with Crippen LogP contribution >= 0.6 is 0 Å². The molecule has 80 valence electrons. The van der Waals surface area contributed by atoms with E-state index in [1.54, 1.807) is 11.1 Å². The molecular formula is C14H19N. The average Bonchev–Trinajstić information content (AvgIpc) is 2.45. The Kier molecular flexibility index (Phi) is 2.10. The van der Waals surface area contributed by atoms with Gasteiger partial charge in [0.2, 0.25) is 0 Å². The topological polar surface area (TPSA) is 26.0 Å². The molecule has 0 saturated carbocycles. The highest BCUT2D eigenvalue weighted by molar-refractivity contribution is 5.45. The summed E-state index contributed by atoms with van der Waals surface area (Å²) in [4.78, 5) is 0. The first-order chi connectivity index (χ1) is 7.29. The molecule has 1 heteroatoms. The Labute approximate surface area is 91.7 Å². The molecule has 15 heavy (non-hydrogen) atoms. The fraction of sp³-hybridized carbons (Fsp3) is 0.571. The maximum atomic E-state index is 6.30. The summed E-state index contributed by atoms with van der Waals surface area (Å²) in [6, 6.07) is 7.02. The van der Waals surface area contributed by atoms with Crippen LogP contribution in [0.1, 0.15) is 54.8 Å². The highest BCUT2D eigenvalue weighted by Crippen LogP contribution is 2.49. The molecule has 2 aliphatic carbocycles. The molecular weight excluding hydrogens is 182 g/mol. The Morgan fingerprint density at radius 1 is 1.27 bits per heavy atom. The van der Waals surface area contributed by atoms with E-state index >= 15 is 0 Å². The number of hydrogen-bond acceptors (Lipinski definition) is 1. The van der Waals surface area contributed by atoms with Gasteiger partial charge >= 0.3 is 0 Å². The van der Waals surface area contributed by atoms with Crippen molar-refractivity contribution in [1.82, 2.24) is 0 Å². The van der Waals surface area contributed by atoms with Crippen LogP contribution in [0.15, 0.2) is 18.2 Å². The van der Waals surface area contributed by atoms with Crippen molar-refractivity contribution >= 4 is 0 Å². The summed E-state index contributed by atoms with van der Waals surface area (Å²) in [5.41, 5.74) is 10.9. The van der Waals surface area contributed by atoms with Crippen molar-refractivity contribution in [3.05, 3.63) is 34.9 Å². The second-order valence-corrected chi connectivity index (χ2v) is 5.16. The molecule has 0 bridgehead atoms. The van der Waals surface area contributed by atoms with Gasteiger partial charge in [-0.15, -0.1) is 0 Å². The maximum Gasteiger partial charge on any atom is 0.0329 e. The molecule has 1 aromatic carbocycles. The smallest absolute Gasteiger partial charge is 0.0329 e. The lowest BCUT2D eigenvalue weighted by Gasteiger charge is -2.17. The largest absolute Gasteiger partial charge is 0.324 e. The van der Waals surface area contributed by atoms with Gasteiger partial charge in [-0.25, -0.2) is 0 Å². The van der Waals surface area contributed by atoms with Gasteiger partial charge in [0.15, 0.2) is 0 Å². The zero-order valence-electron chi connectivity index (χ0n) is 9.37. The lowest BCUT2D eigenvalue weighted by molar-refractivity contribution is 0.405. The molecule has 3 rings (SSSR count). The summed E-state index contributed by atoms with van der Waals surface area (Å²) >= 11 is 0. The molecule has 0 heterocycles. The SMILES string of the molecule is CC1C(N)c2cccc3c2C1CCCC3. The van der Waals surface area contributed by atoms with Crippen molar-refractivity contribution < 1.29 is 0 Å². The Hall–Kier alpha value is -0.820. The third-order valence-corrected chi connectivity index (χ3v) is 4.37. The van der Waals surface area contributed by atoms with E-state index in [1.165, 1.54) is 31.2 Å². The Balaban J connectivity index is 2.19. The molecule has 0 amide bonds. The van der Waals surface area contributed by atoms with Crippen molar-refractivity contribution in [3.8, 4) is 0 Å². The normalized spacial score (nSPS) is 33.6. The van der Waals surface area contributed by atoms with Crippen molar-refractivity contribution in [1.29, 1.82) is 0 Å². The zero-order valence-corrected chi connectivity index (χ0v) is 9.37. The standard InChI is InChI=1S/C14H19N/c1-9-11-7-3-2-5-10-6-4-8-12(13(10)11)14(9)15/h4,6,8-9,11,14H,2-3,5,7,15H2,1H3. The van der Waals surface area contributed by atoms with Gasteiger partial charge in [0.1, 0.15) is 0 Å². The van der Waals surface area contributed by atoms with E-state index in [0.717, 1.165) is 5.92 Å². The summed E-state index contributed by atoms with van der Waals surface area (Å²) in [5.74, 6) is 1.38. The number of rotatable bonds is 0. The van der Waals surface area contributed by atoms with Crippen molar-refractivity contribution in [3.63, 3.8) is 0 Å². The minimum absolute atomic E-state index is 0.281. The van der Waals surface area contributed by atoms with Crippen LogP contribution in [0.3, 0.4) is 0 Å². The first-order valence-corrected chi connectivity index (χ1v) is 6.16. The minimum atomic E-state index is 0.281. The number of hydrogen-bond donors (Lipinski definition) is 1. The van der Waals surface area contributed by atoms with E-state index in [2.05, 4.69) is 25.1 Å². The van der Waals surface area contributed by atoms with Gasteiger partial charge in [0.05, 0.1) is 0 Å².